The van der Waals surface area contributed by atoms with Crippen molar-refractivity contribution >= 4 is 57.0 Å². The lowest BCUT2D eigenvalue weighted by Gasteiger charge is -2.18. The van der Waals surface area contributed by atoms with Crippen molar-refractivity contribution in [2.24, 2.45) is 5.14 Å². The molecule has 0 fully saturated rings. The minimum absolute atomic E-state index is 0.0161. The molecule has 1 unspecified atom stereocenters. The minimum atomic E-state index is -3.87. The molecule has 0 saturated carbocycles. The van der Waals surface area contributed by atoms with Gasteiger partial charge < -0.3 is 20.7 Å². The molecule has 0 saturated heterocycles. The molecule has 0 heterocycles. The molecule has 50 heavy (non-hydrogen) atoms. The van der Waals surface area contributed by atoms with Gasteiger partial charge in [0, 0.05) is 27.4 Å². The van der Waals surface area contributed by atoms with E-state index in [2.05, 4.69) is 16.0 Å². The average molecular weight is 707 g/mol. The quantitative estimate of drug-likeness (QED) is 0.0793. The first-order chi connectivity index (χ1) is 24.1. The number of benzene rings is 5. The van der Waals surface area contributed by atoms with Gasteiger partial charge in [-0.3, -0.25) is 14.4 Å². The summed E-state index contributed by atoms with van der Waals surface area (Å²) in [4.78, 5) is 40.9. The molecule has 0 aliphatic heterocycles. The molecule has 5 N–H and O–H groups in total. The standard InChI is InChI=1S/C38H34N4O6S2/c1-2-48-34-16-10-9-15-28(34)25-33(42-36(43)27-13-7-4-8-14-27)37(44)40-29-17-21-31(22-18-29)49-35(26-11-5-3-6-12-26)38(45)41-30-19-23-32(24-20-30)50(39,46)47/h3-25,35H,2H2,1H3,(H,40,44)(H,41,45)(H,42,43)(H2,39,46,47)/b33-25-. The summed E-state index contributed by atoms with van der Waals surface area (Å²) in [5, 5.41) is 13.0. The van der Waals surface area contributed by atoms with Crippen LogP contribution < -0.4 is 25.8 Å². The number of para-hydroxylation sites is 1. The van der Waals surface area contributed by atoms with E-state index >= 15 is 0 Å². The number of anilines is 2. The van der Waals surface area contributed by atoms with Crippen molar-refractivity contribution in [3.05, 3.63) is 156 Å². The lowest BCUT2D eigenvalue weighted by molar-refractivity contribution is -0.116. The summed E-state index contributed by atoms with van der Waals surface area (Å²) >= 11 is 1.30. The largest absolute Gasteiger partial charge is 0.493 e. The van der Waals surface area contributed by atoms with Gasteiger partial charge in [-0.2, -0.15) is 0 Å². The van der Waals surface area contributed by atoms with Crippen LogP contribution in [0.3, 0.4) is 0 Å². The first-order valence-corrected chi connectivity index (χ1v) is 17.9. The number of ether oxygens (including phenoxy) is 1. The Hall–Kier alpha value is -5.69. The van der Waals surface area contributed by atoms with Crippen LogP contribution in [0.4, 0.5) is 11.4 Å². The Labute approximate surface area is 294 Å². The molecule has 0 aromatic heterocycles. The molecule has 12 heteroatoms. The van der Waals surface area contributed by atoms with Crippen LogP contribution in [0.2, 0.25) is 0 Å². The lowest BCUT2D eigenvalue weighted by atomic mass is 10.1. The van der Waals surface area contributed by atoms with Gasteiger partial charge >= 0.3 is 0 Å². The molecule has 5 aromatic rings. The van der Waals surface area contributed by atoms with Gasteiger partial charge in [-0.25, -0.2) is 13.6 Å². The number of nitrogens with one attached hydrogen (secondary N) is 3. The highest BCUT2D eigenvalue weighted by atomic mass is 32.2. The number of hydrogen-bond donors (Lipinski definition) is 4. The maximum absolute atomic E-state index is 13.6. The molecule has 0 aliphatic rings. The number of primary sulfonamides is 1. The van der Waals surface area contributed by atoms with Crippen molar-refractivity contribution in [3.8, 4) is 5.75 Å². The number of hydrogen-bond acceptors (Lipinski definition) is 7. The molecule has 0 bridgehead atoms. The summed E-state index contributed by atoms with van der Waals surface area (Å²) in [5.41, 5.74) is 2.66. The summed E-state index contributed by atoms with van der Waals surface area (Å²) in [6.45, 7) is 2.29. The number of thioether (sulfide) groups is 1. The average Bonchev–Trinajstić information content (AvgIpc) is 3.12. The van der Waals surface area contributed by atoms with Crippen molar-refractivity contribution in [1.82, 2.24) is 5.32 Å². The second kappa shape index (κ2) is 16.6. The number of sulfonamides is 1. The van der Waals surface area contributed by atoms with Gasteiger partial charge in [0.05, 0.1) is 11.5 Å². The van der Waals surface area contributed by atoms with Crippen molar-refractivity contribution in [2.45, 2.75) is 22.0 Å². The van der Waals surface area contributed by atoms with E-state index in [-0.39, 0.29) is 16.5 Å². The number of carbonyl (C=O) groups is 3. The zero-order chi connectivity index (χ0) is 35.5. The second-order valence-corrected chi connectivity index (χ2v) is 13.5. The molecular weight excluding hydrogens is 673 g/mol. The molecule has 0 aliphatic carbocycles. The predicted octanol–water partition coefficient (Wildman–Crippen LogP) is 6.61. The van der Waals surface area contributed by atoms with Gasteiger partial charge in [0.1, 0.15) is 16.7 Å². The van der Waals surface area contributed by atoms with E-state index in [0.717, 1.165) is 10.5 Å². The van der Waals surface area contributed by atoms with E-state index in [9.17, 15) is 22.8 Å². The SMILES string of the molecule is CCOc1ccccc1/C=C(\NC(=O)c1ccccc1)C(=O)Nc1ccc(SC(C(=O)Nc2ccc(S(N)(=O)=O)cc2)c2ccccc2)cc1. The van der Waals surface area contributed by atoms with Crippen LogP contribution >= 0.6 is 11.8 Å². The Balaban J connectivity index is 1.34. The third-order valence-electron chi connectivity index (χ3n) is 7.20. The predicted molar refractivity (Wildman–Crippen MR) is 196 cm³/mol. The van der Waals surface area contributed by atoms with Gasteiger partial charge in [0.15, 0.2) is 0 Å². The number of rotatable bonds is 13. The van der Waals surface area contributed by atoms with E-state index in [1.807, 2.05) is 49.4 Å². The fraction of sp³-hybridized carbons (Fsp3) is 0.0789. The summed E-state index contributed by atoms with van der Waals surface area (Å²) in [6.07, 6.45) is 1.57. The van der Waals surface area contributed by atoms with Crippen LogP contribution in [0.1, 0.15) is 33.7 Å². The Morgan fingerprint density at radius 2 is 1.34 bits per heavy atom. The maximum atomic E-state index is 13.6. The molecule has 10 nitrogen and oxygen atoms in total. The number of amides is 3. The third-order valence-corrected chi connectivity index (χ3v) is 9.40. The van der Waals surface area contributed by atoms with Gasteiger partial charge in [-0.1, -0.05) is 66.7 Å². The van der Waals surface area contributed by atoms with Gasteiger partial charge in [-0.15, -0.1) is 11.8 Å². The summed E-state index contributed by atoms with van der Waals surface area (Å²) in [5.74, 6) is -0.749. The minimum Gasteiger partial charge on any atom is -0.493 e. The molecule has 0 radical (unpaired) electrons. The van der Waals surface area contributed by atoms with Crippen LogP contribution in [0.15, 0.2) is 149 Å². The van der Waals surface area contributed by atoms with E-state index < -0.39 is 27.1 Å². The molecular formula is C38H34N4O6S2. The lowest BCUT2D eigenvalue weighted by Crippen LogP contribution is -2.30. The zero-order valence-corrected chi connectivity index (χ0v) is 28.5. The summed E-state index contributed by atoms with van der Waals surface area (Å²) in [7, 11) is -3.87. The fourth-order valence-corrected chi connectivity index (χ4v) is 6.31. The van der Waals surface area contributed by atoms with E-state index in [1.165, 1.54) is 36.0 Å². The highest BCUT2D eigenvalue weighted by Crippen LogP contribution is 2.37. The summed E-state index contributed by atoms with van der Waals surface area (Å²) in [6, 6.07) is 37.6. The van der Waals surface area contributed by atoms with Crippen LogP contribution in [0.25, 0.3) is 6.08 Å². The molecule has 3 amide bonds. The maximum Gasteiger partial charge on any atom is 0.272 e. The summed E-state index contributed by atoms with van der Waals surface area (Å²) < 4.78 is 29.0. The monoisotopic (exact) mass is 706 g/mol. The molecule has 5 aromatic carbocycles. The van der Waals surface area contributed by atoms with Gasteiger partial charge in [0.2, 0.25) is 15.9 Å². The number of nitrogens with two attached hydrogens (primary N) is 1. The Bertz CT molecular complexity index is 2090. The fourth-order valence-electron chi connectivity index (χ4n) is 4.77. The Kier molecular flexibility index (Phi) is 11.8. The Morgan fingerprint density at radius 3 is 1.98 bits per heavy atom. The number of carbonyl (C=O) groups excluding carboxylic acids is 3. The molecule has 0 spiro atoms. The van der Waals surface area contributed by atoms with Crippen LogP contribution in [-0.4, -0.2) is 32.7 Å². The first-order valence-electron chi connectivity index (χ1n) is 15.5. The van der Waals surface area contributed by atoms with Crippen molar-refractivity contribution in [1.29, 1.82) is 0 Å². The highest BCUT2D eigenvalue weighted by molar-refractivity contribution is 8.00. The van der Waals surface area contributed by atoms with E-state index in [1.54, 1.807) is 72.8 Å². The van der Waals surface area contributed by atoms with Crippen molar-refractivity contribution in [2.75, 3.05) is 17.2 Å². The van der Waals surface area contributed by atoms with Crippen molar-refractivity contribution < 1.29 is 27.5 Å². The molecule has 254 valence electrons. The second-order valence-electron chi connectivity index (χ2n) is 10.8. The Morgan fingerprint density at radius 1 is 0.760 bits per heavy atom. The molecule has 5 rings (SSSR count). The van der Waals surface area contributed by atoms with Crippen LogP contribution in [0, 0.1) is 0 Å². The van der Waals surface area contributed by atoms with Gasteiger partial charge in [0.25, 0.3) is 11.8 Å². The normalized spacial score (nSPS) is 12.0. The topological polar surface area (TPSA) is 157 Å². The highest BCUT2D eigenvalue weighted by Gasteiger charge is 2.23. The molecule has 1 atom stereocenters. The van der Waals surface area contributed by atoms with Crippen LogP contribution in [0.5, 0.6) is 5.75 Å². The van der Waals surface area contributed by atoms with E-state index in [0.29, 0.717) is 34.9 Å². The zero-order valence-electron chi connectivity index (χ0n) is 26.9. The van der Waals surface area contributed by atoms with Gasteiger partial charge in [-0.05, 0) is 85.3 Å². The van der Waals surface area contributed by atoms with Crippen molar-refractivity contribution in [3.63, 3.8) is 0 Å². The van der Waals surface area contributed by atoms with E-state index in [4.69, 9.17) is 9.88 Å². The van der Waals surface area contributed by atoms with Crippen LogP contribution in [-0.2, 0) is 19.6 Å². The first kappa shape index (κ1) is 35.6. The smallest absolute Gasteiger partial charge is 0.272 e. The third kappa shape index (κ3) is 9.69.